The van der Waals surface area contributed by atoms with E-state index in [-0.39, 0.29) is 42.1 Å². The molecule has 2 amide bonds. The largest absolute Gasteiger partial charge is 0.369 e. The fourth-order valence-corrected chi connectivity index (χ4v) is 7.05. The van der Waals surface area contributed by atoms with Crippen molar-refractivity contribution in [3.05, 3.63) is 29.8 Å². The van der Waals surface area contributed by atoms with Crippen LogP contribution in [-0.2, 0) is 14.3 Å². The summed E-state index contributed by atoms with van der Waals surface area (Å²) in [7, 11) is 0. The van der Waals surface area contributed by atoms with Crippen molar-refractivity contribution in [3.63, 3.8) is 0 Å². The number of likely N-dealkylation sites (tertiary alicyclic amines) is 1. The monoisotopic (exact) mass is 524 g/mol. The maximum absolute atomic E-state index is 14.0. The van der Waals surface area contributed by atoms with Crippen LogP contribution in [0.15, 0.2) is 24.3 Å². The fourth-order valence-electron chi connectivity index (χ4n) is 7.05. The van der Waals surface area contributed by atoms with Gasteiger partial charge < -0.3 is 19.9 Å². The number of Topliss-reactive ketones (excluding diaryl/α,β-unsaturated/α-hetero) is 1. The average Bonchev–Trinajstić information content (AvgIpc) is 3.68. The van der Waals surface area contributed by atoms with Crippen LogP contribution in [0.2, 0.25) is 0 Å². The molecule has 8 heteroatoms. The summed E-state index contributed by atoms with van der Waals surface area (Å²) in [6.07, 6.45) is 6.86. The molecule has 0 spiro atoms. The third-order valence-corrected chi connectivity index (χ3v) is 9.06. The molecule has 0 radical (unpaired) electrons. The molecule has 1 aromatic rings. The first kappa shape index (κ1) is 27.1. The zero-order valence-electron chi connectivity index (χ0n) is 23.1. The molecule has 1 aromatic carbocycles. The van der Waals surface area contributed by atoms with Crippen LogP contribution in [0.25, 0.3) is 0 Å². The molecular formula is C30H44N4O4. The molecule has 208 valence electrons. The van der Waals surface area contributed by atoms with Crippen molar-refractivity contribution in [2.24, 2.45) is 11.8 Å². The van der Waals surface area contributed by atoms with E-state index in [1.807, 2.05) is 24.3 Å². The first-order chi connectivity index (χ1) is 18.5. The summed E-state index contributed by atoms with van der Waals surface area (Å²) >= 11 is 0. The smallest absolute Gasteiger partial charge is 0.251 e. The minimum atomic E-state index is -0.606. The molecular weight excluding hydrogens is 480 g/mol. The number of benzene rings is 1. The second-order valence-corrected chi connectivity index (χ2v) is 11.6. The van der Waals surface area contributed by atoms with E-state index >= 15 is 0 Å². The van der Waals surface area contributed by atoms with Crippen LogP contribution >= 0.6 is 0 Å². The SMILES string of the molecule is CCC[C@@H]1CN(C(=O)[C@@H](NC(=O)c2ccc(N3CCN(CCC)CC3)cc2)C2CCCC2)[C@@H]2C(=O)CO[C@H]12. The molecule has 4 aliphatic rings. The Hall–Kier alpha value is -2.45. The number of ketones is 1. The molecule has 0 unspecified atom stereocenters. The summed E-state index contributed by atoms with van der Waals surface area (Å²) in [5.74, 6) is -0.0591. The highest BCUT2D eigenvalue weighted by molar-refractivity contribution is 5.99. The third-order valence-electron chi connectivity index (χ3n) is 9.06. The molecule has 1 saturated carbocycles. The molecule has 4 fully saturated rings. The maximum Gasteiger partial charge on any atom is 0.251 e. The van der Waals surface area contributed by atoms with E-state index in [4.69, 9.17) is 4.74 Å². The van der Waals surface area contributed by atoms with E-state index < -0.39 is 12.1 Å². The number of carbonyl (C=O) groups is 3. The minimum Gasteiger partial charge on any atom is -0.369 e. The van der Waals surface area contributed by atoms with Crippen molar-refractivity contribution in [1.82, 2.24) is 15.1 Å². The Morgan fingerprint density at radius 2 is 1.74 bits per heavy atom. The van der Waals surface area contributed by atoms with Gasteiger partial charge in [-0.3, -0.25) is 19.3 Å². The number of carbonyl (C=O) groups excluding carboxylic acids is 3. The normalized spacial score (nSPS) is 27.1. The number of hydrogen-bond acceptors (Lipinski definition) is 6. The molecule has 1 N–H and O–H groups in total. The van der Waals surface area contributed by atoms with Crippen LogP contribution in [0.3, 0.4) is 0 Å². The molecule has 0 aromatic heterocycles. The van der Waals surface area contributed by atoms with E-state index in [1.165, 1.54) is 6.42 Å². The first-order valence-electron chi connectivity index (χ1n) is 14.8. The van der Waals surface area contributed by atoms with Gasteiger partial charge in [-0.05, 0) is 62.4 Å². The van der Waals surface area contributed by atoms with Crippen molar-refractivity contribution >= 4 is 23.3 Å². The van der Waals surface area contributed by atoms with Gasteiger partial charge in [0.05, 0.1) is 6.10 Å². The van der Waals surface area contributed by atoms with Crippen molar-refractivity contribution in [1.29, 1.82) is 0 Å². The molecule has 3 aliphatic heterocycles. The lowest BCUT2D eigenvalue weighted by atomic mass is 9.95. The number of anilines is 1. The van der Waals surface area contributed by atoms with Gasteiger partial charge in [0.2, 0.25) is 5.91 Å². The van der Waals surface area contributed by atoms with Crippen LogP contribution in [0.4, 0.5) is 5.69 Å². The van der Waals surface area contributed by atoms with Crippen molar-refractivity contribution in [3.8, 4) is 0 Å². The van der Waals surface area contributed by atoms with Crippen LogP contribution in [0.5, 0.6) is 0 Å². The molecule has 3 heterocycles. The number of nitrogens with zero attached hydrogens (tertiary/aromatic N) is 3. The summed E-state index contributed by atoms with van der Waals surface area (Å²) in [6, 6.07) is 6.67. The predicted molar refractivity (Wildman–Crippen MR) is 147 cm³/mol. The molecule has 38 heavy (non-hydrogen) atoms. The standard InChI is InChI=1S/C30H44N4O4/c1-3-7-23-19-34(27-25(35)20-38-28(23)27)30(37)26(21-8-5-6-9-21)31-29(36)22-10-12-24(13-11-22)33-17-15-32(14-4-2)16-18-33/h10-13,21,23,26-28H,3-9,14-20H2,1-2H3,(H,31,36)/t23-,26+,27-,28-/m1/s1. The van der Waals surface area contributed by atoms with E-state index in [0.29, 0.717) is 12.1 Å². The minimum absolute atomic E-state index is 0.00966. The zero-order valence-corrected chi connectivity index (χ0v) is 23.1. The Bertz CT molecular complexity index is 984. The maximum atomic E-state index is 14.0. The van der Waals surface area contributed by atoms with E-state index in [0.717, 1.165) is 76.9 Å². The quantitative estimate of drug-likeness (QED) is 0.535. The van der Waals surface area contributed by atoms with Gasteiger partial charge in [0.25, 0.3) is 5.91 Å². The summed E-state index contributed by atoms with van der Waals surface area (Å²) in [6.45, 7) is 10.2. The Morgan fingerprint density at radius 1 is 1.03 bits per heavy atom. The predicted octanol–water partition coefficient (Wildman–Crippen LogP) is 3.10. The lowest BCUT2D eigenvalue weighted by Crippen LogP contribution is -2.54. The van der Waals surface area contributed by atoms with E-state index in [9.17, 15) is 14.4 Å². The number of ether oxygens (including phenoxy) is 1. The highest BCUT2D eigenvalue weighted by Crippen LogP contribution is 2.36. The molecule has 1 aliphatic carbocycles. The second-order valence-electron chi connectivity index (χ2n) is 11.6. The van der Waals surface area contributed by atoms with Gasteiger partial charge in [-0.25, -0.2) is 0 Å². The van der Waals surface area contributed by atoms with Crippen LogP contribution in [0, 0.1) is 11.8 Å². The van der Waals surface area contributed by atoms with Crippen molar-refractivity contribution < 1.29 is 19.1 Å². The summed E-state index contributed by atoms with van der Waals surface area (Å²) < 4.78 is 5.83. The van der Waals surface area contributed by atoms with Crippen LogP contribution in [0.1, 0.15) is 69.2 Å². The molecule has 8 nitrogen and oxygen atoms in total. The lowest BCUT2D eigenvalue weighted by molar-refractivity contribution is -0.139. The number of rotatable bonds is 9. The molecule has 0 bridgehead atoms. The second kappa shape index (κ2) is 12.2. The Morgan fingerprint density at radius 3 is 2.39 bits per heavy atom. The average molecular weight is 525 g/mol. The van der Waals surface area contributed by atoms with Gasteiger partial charge in [0, 0.05) is 49.9 Å². The molecule has 3 saturated heterocycles. The Balaban J connectivity index is 1.27. The number of piperazine rings is 1. The number of hydrogen-bond donors (Lipinski definition) is 1. The van der Waals surface area contributed by atoms with E-state index in [1.54, 1.807) is 4.90 Å². The lowest BCUT2D eigenvalue weighted by Gasteiger charge is -2.36. The van der Waals surface area contributed by atoms with Gasteiger partial charge in [-0.2, -0.15) is 0 Å². The topological polar surface area (TPSA) is 82.2 Å². The van der Waals surface area contributed by atoms with Gasteiger partial charge in [-0.15, -0.1) is 0 Å². The molecule has 5 rings (SSSR count). The summed E-state index contributed by atoms with van der Waals surface area (Å²) in [4.78, 5) is 46.7. The Labute approximate surface area is 227 Å². The van der Waals surface area contributed by atoms with E-state index in [2.05, 4.69) is 29.0 Å². The van der Waals surface area contributed by atoms with Crippen molar-refractivity contribution in [2.45, 2.75) is 77.0 Å². The Kier molecular flexibility index (Phi) is 8.68. The van der Waals surface area contributed by atoms with Gasteiger partial charge >= 0.3 is 0 Å². The molecule has 4 atom stereocenters. The highest BCUT2D eigenvalue weighted by Gasteiger charge is 2.53. The fraction of sp³-hybridized carbons (Fsp3) is 0.700. The van der Waals surface area contributed by atoms with Gasteiger partial charge in [0.15, 0.2) is 5.78 Å². The van der Waals surface area contributed by atoms with Crippen LogP contribution < -0.4 is 10.2 Å². The van der Waals surface area contributed by atoms with Crippen molar-refractivity contribution in [2.75, 3.05) is 50.8 Å². The van der Waals surface area contributed by atoms with Crippen LogP contribution in [-0.4, -0.2) is 91.5 Å². The number of nitrogens with one attached hydrogen (secondary N) is 1. The number of fused-ring (bicyclic) bond motifs is 1. The summed E-state index contributed by atoms with van der Waals surface area (Å²) in [5, 5.41) is 3.11. The third kappa shape index (κ3) is 5.62. The number of amides is 2. The first-order valence-corrected chi connectivity index (χ1v) is 14.8. The highest BCUT2D eigenvalue weighted by atomic mass is 16.5. The zero-order chi connectivity index (χ0) is 26.6. The summed E-state index contributed by atoms with van der Waals surface area (Å²) in [5.41, 5.74) is 1.70. The van der Waals surface area contributed by atoms with Gasteiger partial charge in [0.1, 0.15) is 18.7 Å². The van der Waals surface area contributed by atoms with Gasteiger partial charge in [-0.1, -0.05) is 33.1 Å².